The second-order valence-electron chi connectivity index (χ2n) is 3.90. The SMILES string of the molecule is CNCC(=O)c1ccn2cccc(OC(C)=O)c12. The fourth-order valence-electron chi connectivity index (χ4n) is 1.85. The Kier molecular flexibility index (Phi) is 3.43. The van der Waals surface area contributed by atoms with E-state index in [0.29, 0.717) is 16.8 Å². The number of hydrogen-bond donors (Lipinski definition) is 1. The maximum atomic E-state index is 11.9. The van der Waals surface area contributed by atoms with Crippen molar-refractivity contribution in [3.05, 3.63) is 36.2 Å². The van der Waals surface area contributed by atoms with Crippen LogP contribution >= 0.6 is 0 Å². The molecule has 2 heterocycles. The molecule has 0 fully saturated rings. The van der Waals surface area contributed by atoms with Gasteiger partial charge < -0.3 is 14.5 Å². The molecule has 2 aromatic heterocycles. The minimum Gasteiger partial charge on any atom is -0.424 e. The molecule has 0 aliphatic rings. The number of nitrogens with one attached hydrogen (secondary N) is 1. The maximum absolute atomic E-state index is 11.9. The van der Waals surface area contributed by atoms with E-state index in [-0.39, 0.29) is 12.3 Å². The highest BCUT2D eigenvalue weighted by molar-refractivity contribution is 6.05. The van der Waals surface area contributed by atoms with Crippen molar-refractivity contribution < 1.29 is 14.3 Å². The minimum atomic E-state index is -0.406. The molecule has 0 atom stereocenters. The summed E-state index contributed by atoms with van der Waals surface area (Å²) in [5.74, 6) is -0.0506. The number of pyridine rings is 1. The van der Waals surface area contributed by atoms with Gasteiger partial charge in [-0.05, 0) is 25.2 Å². The maximum Gasteiger partial charge on any atom is 0.308 e. The van der Waals surface area contributed by atoms with Crippen LogP contribution in [0.25, 0.3) is 5.52 Å². The highest BCUT2D eigenvalue weighted by Gasteiger charge is 2.15. The molecule has 2 rings (SSSR count). The van der Waals surface area contributed by atoms with E-state index in [4.69, 9.17) is 4.74 Å². The van der Waals surface area contributed by atoms with Crippen molar-refractivity contribution in [2.75, 3.05) is 13.6 Å². The summed E-state index contributed by atoms with van der Waals surface area (Å²) in [6.45, 7) is 1.58. The van der Waals surface area contributed by atoms with Crippen LogP contribution in [0.2, 0.25) is 0 Å². The molecule has 5 nitrogen and oxygen atoms in total. The Labute approximate surface area is 104 Å². The summed E-state index contributed by atoms with van der Waals surface area (Å²) in [4.78, 5) is 23.0. The third-order valence-electron chi connectivity index (χ3n) is 2.53. The van der Waals surface area contributed by atoms with E-state index in [2.05, 4.69) is 5.32 Å². The van der Waals surface area contributed by atoms with Crippen molar-refractivity contribution in [2.24, 2.45) is 0 Å². The Bertz CT molecular complexity index is 601. The summed E-state index contributed by atoms with van der Waals surface area (Å²) >= 11 is 0. The Balaban J connectivity index is 2.54. The lowest BCUT2D eigenvalue weighted by Crippen LogP contribution is -2.18. The summed E-state index contributed by atoms with van der Waals surface area (Å²) < 4.78 is 6.89. The quantitative estimate of drug-likeness (QED) is 0.652. The molecule has 0 spiro atoms. The molecule has 18 heavy (non-hydrogen) atoms. The number of aromatic nitrogens is 1. The fraction of sp³-hybridized carbons (Fsp3) is 0.231. The first-order chi connectivity index (χ1) is 8.63. The van der Waals surface area contributed by atoms with Crippen LogP contribution in [-0.4, -0.2) is 29.7 Å². The number of carbonyl (C=O) groups is 2. The van der Waals surface area contributed by atoms with Crippen LogP contribution in [0, 0.1) is 0 Å². The van der Waals surface area contributed by atoms with Crippen molar-refractivity contribution >= 4 is 17.3 Å². The lowest BCUT2D eigenvalue weighted by molar-refractivity contribution is -0.131. The van der Waals surface area contributed by atoms with Crippen molar-refractivity contribution in [3.8, 4) is 5.75 Å². The lowest BCUT2D eigenvalue weighted by Gasteiger charge is -2.06. The summed E-state index contributed by atoms with van der Waals surface area (Å²) in [6, 6.07) is 5.16. The number of ketones is 1. The van der Waals surface area contributed by atoms with E-state index in [1.165, 1.54) is 6.92 Å². The molecule has 0 amide bonds. The van der Waals surface area contributed by atoms with E-state index in [1.54, 1.807) is 42.0 Å². The summed E-state index contributed by atoms with van der Waals surface area (Å²) in [5.41, 5.74) is 1.16. The Hall–Kier alpha value is -2.14. The van der Waals surface area contributed by atoms with Crippen molar-refractivity contribution in [1.29, 1.82) is 0 Å². The number of fused-ring (bicyclic) bond motifs is 1. The third-order valence-corrected chi connectivity index (χ3v) is 2.53. The van der Waals surface area contributed by atoms with Crippen LogP contribution in [-0.2, 0) is 4.79 Å². The average Bonchev–Trinajstić information content (AvgIpc) is 2.73. The van der Waals surface area contributed by atoms with Crippen LogP contribution < -0.4 is 10.1 Å². The first-order valence-corrected chi connectivity index (χ1v) is 5.59. The molecule has 5 heteroatoms. The van der Waals surface area contributed by atoms with Gasteiger partial charge in [-0.2, -0.15) is 0 Å². The minimum absolute atomic E-state index is 0.0420. The van der Waals surface area contributed by atoms with Gasteiger partial charge in [-0.1, -0.05) is 0 Å². The zero-order chi connectivity index (χ0) is 13.1. The number of carbonyl (C=O) groups excluding carboxylic acids is 2. The molecule has 0 aliphatic carbocycles. The van der Waals surface area contributed by atoms with Gasteiger partial charge in [0, 0.05) is 24.9 Å². The van der Waals surface area contributed by atoms with E-state index < -0.39 is 5.97 Å². The van der Waals surface area contributed by atoms with Crippen LogP contribution in [0.1, 0.15) is 17.3 Å². The molecule has 0 unspecified atom stereocenters. The average molecular weight is 246 g/mol. The molecule has 1 N–H and O–H groups in total. The molecule has 0 aromatic carbocycles. The first-order valence-electron chi connectivity index (χ1n) is 5.59. The second kappa shape index (κ2) is 5.01. The van der Waals surface area contributed by atoms with Crippen LogP contribution in [0.15, 0.2) is 30.6 Å². The predicted molar refractivity (Wildman–Crippen MR) is 67.0 cm³/mol. The van der Waals surface area contributed by atoms with Gasteiger partial charge in [-0.25, -0.2) is 0 Å². The van der Waals surface area contributed by atoms with E-state index in [1.807, 2.05) is 0 Å². The summed E-state index contributed by atoms with van der Waals surface area (Å²) in [5, 5.41) is 2.81. The molecule has 0 saturated heterocycles. The smallest absolute Gasteiger partial charge is 0.308 e. The number of ether oxygens (including phenoxy) is 1. The first kappa shape index (κ1) is 12.3. The lowest BCUT2D eigenvalue weighted by atomic mass is 10.1. The number of esters is 1. The van der Waals surface area contributed by atoms with Crippen molar-refractivity contribution in [3.63, 3.8) is 0 Å². The zero-order valence-electron chi connectivity index (χ0n) is 10.3. The largest absolute Gasteiger partial charge is 0.424 e. The Morgan fingerprint density at radius 3 is 2.78 bits per heavy atom. The van der Waals surface area contributed by atoms with Gasteiger partial charge in [-0.15, -0.1) is 0 Å². The van der Waals surface area contributed by atoms with Crippen molar-refractivity contribution in [1.82, 2.24) is 9.72 Å². The molecule has 2 aromatic rings. The molecule has 0 saturated carbocycles. The highest BCUT2D eigenvalue weighted by atomic mass is 16.5. The van der Waals surface area contributed by atoms with Crippen LogP contribution in [0.3, 0.4) is 0 Å². The monoisotopic (exact) mass is 246 g/mol. The van der Waals surface area contributed by atoms with Crippen LogP contribution in [0.5, 0.6) is 5.75 Å². The number of nitrogens with zero attached hydrogens (tertiary/aromatic N) is 1. The van der Waals surface area contributed by atoms with Gasteiger partial charge in [-0.3, -0.25) is 9.59 Å². The van der Waals surface area contributed by atoms with E-state index in [0.717, 1.165) is 0 Å². The molecular weight excluding hydrogens is 232 g/mol. The number of hydrogen-bond acceptors (Lipinski definition) is 4. The molecular formula is C13H14N2O3. The second-order valence-corrected chi connectivity index (χ2v) is 3.90. The Morgan fingerprint density at radius 2 is 2.11 bits per heavy atom. The van der Waals surface area contributed by atoms with Gasteiger partial charge in [0.25, 0.3) is 0 Å². The van der Waals surface area contributed by atoms with Gasteiger partial charge in [0.1, 0.15) is 0 Å². The normalized spacial score (nSPS) is 10.6. The summed E-state index contributed by atoms with van der Waals surface area (Å²) in [7, 11) is 1.71. The van der Waals surface area contributed by atoms with E-state index in [9.17, 15) is 9.59 Å². The van der Waals surface area contributed by atoms with Gasteiger partial charge in [0.05, 0.1) is 12.1 Å². The van der Waals surface area contributed by atoms with E-state index >= 15 is 0 Å². The fourth-order valence-corrected chi connectivity index (χ4v) is 1.85. The molecule has 0 bridgehead atoms. The topological polar surface area (TPSA) is 59.8 Å². The third kappa shape index (κ3) is 2.26. The Morgan fingerprint density at radius 1 is 1.33 bits per heavy atom. The van der Waals surface area contributed by atoms with Gasteiger partial charge in [0.15, 0.2) is 11.5 Å². The molecule has 0 radical (unpaired) electrons. The van der Waals surface area contributed by atoms with Gasteiger partial charge >= 0.3 is 5.97 Å². The molecule has 0 aliphatic heterocycles. The standard InChI is InChI=1S/C13H14N2O3/c1-9(16)18-12-4-3-6-15-7-5-10(13(12)15)11(17)8-14-2/h3-7,14H,8H2,1-2H3. The number of Topliss-reactive ketones (excluding diaryl/α,β-unsaturated/α-hetero) is 1. The van der Waals surface area contributed by atoms with Crippen molar-refractivity contribution in [2.45, 2.75) is 6.92 Å². The summed E-state index contributed by atoms with van der Waals surface area (Å²) in [6.07, 6.45) is 3.57. The highest BCUT2D eigenvalue weighted by Crippen LogP contribution is 2.24. The predicted octanol–water partition coefficient (Wildman–Crippen LogP) is 1.27. The molecule has 94 valence electrons. The van der Waals surface area contributed by atoms with Crippen LogP contribution in [0.4, 0.5) is 0 Å². The zero-order valence-corrected chi connectivity index (χ0v) is 10.3. The number of likely N-dealkylation sites (N-methyl/N-ethyl adjacent to an activating group) is 1. The van der Waals surface area contributed by atoms with Gasteiger partial charge in [0.2, 0.25) is 0 Å². The number of rotatable bonds is 4.